The molecule has 94 valence electrons. The molecule has 0 aliphatic rings. The highest BCUT2D eigenvalue weighted by atomic mass is 79.9. The number of aliphatic hydroxyl groups excluding tert-OH is 1. The quantitative estimate of drug-likeness (QED) is 0.839. The number of hydrogen-bond acceptors (Lipinski definition) is 2. The molecule has 0 aliphatic carbocycles. The summed E-state index contributed by atoms with van der Waals surface area (Å²) in [4.78, 5) is 0. The third-order valence-corrected chi connectivity index (χ3v) is 3.51. The first kappa shape index (κ1) is 13.4. The minimum absolute atomic E-state index is 0.520. The minimum Gasteiger partial charge on any atom is -0.398 e. The van der Waals surface area contributed by atoms with Crippen LogP contribution in [0.4, 0.5) is 5.69 Å². The lowest BCUT2D eigenvalue weighted by Crippen LogP contribution is -2.05. The van der Waals surface area contributed by atoms with Gasteiger partial charge >= 0.3 is 0 Å². The van der Waals surface area contributed by atoms with Crippen molar-refractivity contribution in [1.29, 1.82) is 0 Å². The molecule has 2 rings (SSSR count). The number of hydrogen-bond donors (Lipinski definition) is 2. The van der Waals surface area contributed by atoms with E-state index < -0.39 is 6.10 Å². The molecule has 18 heavy (non-hydrogen) atoms. The molecule has 0 radical (unpaired) electrons. The summed E-state index contributed by atoms with van der Waals surface area (Å²) < 4.78 is 1.02. The fourth-order valence-electron chi connectivity index (χ4n) is 1.80. The van der Waals surface area contributed by atoms with Crippen LogP contribution in [0, 0.1) is 0 Å². The molecule has 2 aromatic rings. The van der Waals surface area contributed by atoms with Crippen LogP contribution in [0.15, 0.2) is 46.9 Å². The highest BCUT2D eigenvalue weighted by molar-refractivity contribution is 9.10. The highest BCUT2D eigenvalue weighted by Crippen LogP contribution is 2.26. The van der Waals surface area contributed by atoms with Gasteiger partial charge in [-0.25, -0.2) is 0 Å². The maximum Gasteiger partial charge on any atom is 0.0850 e. The molecule has 0 aliphatic heterocycles. The van der Waals surface area contributed by atoms with E-state index in [0.29, 0.717) is 22.7 Å². The van der Waals surface area contributed by atoms with Gasteiger partial charge in [-0.15, -0.1) is 0 Å². The van der Waals surface area contributed by atoms with E-state index >= 15 is 0 Å². The Morgan fingerprint density at radius 3 is 2.44 bits per heavy atom. The molecule has 2 aromatic carbocycles. The molecule has 0 amide bonds. The molecular weight excluding hydrogens is 314 g/mol. The van der Waals surface area contributed by atoms with Crippen molar-refractivity contribution < 1.29 is 5.11 Å². The number of rotatable bonds is 3. The number of nitrogen functional groups attached to an aromatic ring is 1. The summed E-state index contributed by atoms with van der Waals surface area (Å²) in [5.74, 6) is 0. The molecule has 1 atom stereocenters. The molecule has 0 aromatic heterocycles. The van der Waals surface area contributed by atoms with Crippen molar-refractivity contribution in [2.24, 2.45) is 0 Å². The average molecular weight is 327 g/mol. The van der Waals surface area contributed by atoms with Gasteiger partial charge in [0.05, 0.1) is 6.10 Å². The summed E-state index contributed by atoms with van der Waals surface area (Å²) in [5, 5.41) is 10.8. The first-order chi connectivity index (χ1) is 8.56. The second kappa shape index (κ2) is 5.74. The van der Waals surface area contributed by atoms with Crippen molar-refractivity contribution in [1.82, 2.24) is 0 Å². The summed E-state index contributed by atoms with van der Waals surface area (Å²) in [6, 6.07) is 13.0. The molecule has 0 fully saturated rings. The molecule has 1 unspecified atom stereocenters. The first-order valence-corrected chi connectivity index (χ1v) is 6.71. The number of nitrogens with two attached hydrogens (primary N) is 1. The van der Waals surface area contributed by atoms with E-state index in [4.69, 9.17) is 17.3 Å². The second-order valence-corrected chi connectivity index (χ2v) is 5.47. The molecular formula is C14H13BrClNO. The topological polar surface area (TPSA) is 46.2 Å². The third kappa shape index (κ3) is 3.25. The van der Waals surface area contributed by atoms with E-state index in [2.05, 4.69) is 15.9 Å². The molecule has 0 bridgehead atoms. The lowest BCUT2D eigenvalue weighted by atomic mass is 10.0. The largest absolute Gasteiger partial charge is 0.398 e. The summed E-state index contributed by atoms with van der Waals surface area (Å²) in [6.45, 7) is 0. The summed E-state index contributed by atoms with van der Waals surface area (Å²) in [7, 11) is 0. The van der Waals surface area contributed by atoms with Crippen molar-refractivity contribution >= 4 is 33.2 Å². The van der Waals surface area contributed by atoms with Crippen LogP contribution in [0.3, 0.4) is 0 Å². The van der Waals surface area contributed by atoms with Crippen LogP contribution in [-0.4, -0.2) is 5.11 Å². The standard InChI is InChI=1S/C14H13BrClNO/c15-10-3-1-9(2-4-10)7-14(18)12-6-5-11(16)8-13(12)17/h1-6,8,14,18H,7,17H2. The van der Waals surface area contributed by atoms with Gasteiger partial charge in [0.2, 0.25) is 0 Å². The Morgan fingerprint density at radius 1 is 1.17 bits per heavy atom. The maximum atomic E-state index is 10.2. The number of anilines is 1. The molecule has 0 saturated heterocycles. The van der Waals surface area contributed by atoms with Crippen molar-refractivity contribution in [3.05, 3.63) is 63.1 Å². The molecule has 0 saturated carbocycles. The van der Waals surface area contributed by atoms with Crippen LogP contribution < -0.4 is 5.73 Å². The summed E-state index contributed by atoms with van der Waals surface area (Å²) in [6.07, 6.45) is -0.0949. The third-order valence-electron chi connectivity index (χ3n) is 2.75. The summed E-state index contributed by atoms with van der Waals surface area (Å²) in [5.41, 5.74) is 8.13. The Bertz CT molecular complexity index is 542. The molecule has 3 N–H and O–H groups in total. The lowest BCUT2D eigenvalue weighted by molar-refractivity contribution is 0.179. The van der Waals surface area contributed by atoms with Gasteiger partial charge in [0, 0.05) is 27.2 Å². The zero-order chi connectivity index (χ0) is 13.1. The molecule has 2 nitrogen and oxygen atoms in total. The summed E-state index contributed by atoms with van der Waals surface area (Å²) >= 11 is 9.21. The zero-order valence-electron chi connectivity index (χ0n) is 9.61. The van der Waals surface area contributed by atoms with Crippen LogP contribution in [0.5, 0.6) is 0 Å². The van der Waals surface area contributed by atoms with Crippen LogP contribution in [0.25, 0.3) is 0 Å². The van der Waals surface area contributed by atoms with Crippen molar-refractivity contribution in [3.8, 4) is 0 Å². The van der Waals surface area contributed by atoms with Crippen LogP contribution in [-0.2, 0) is 6.42 Å². The smallest absolute Gasteiger partial charge is 0.0850 e. The van der Waals surface area contributed by atoms with Crippen LogP contribution >= 0.6 is 27.5 Å². The predicted molar refractivity (Wildman–Crippen MR) is 78.7 cm³/mol. The van der Waals surface area contributed by atoms with E-state index in [-0.39, 0.29) is 0 Å². The van der Waals surface area contributed by atoms with Crippen molar-refractivity contribution in [2.75, 3.05) is 5.73 Å². The van der Waals surface area contributed by atoms with E-state index in [1.807, 2.05) is 24.3 Å². The molecule has 0 heterocycles. The maximum absolute atomic E-state index is 10.2. The van der Waals surface area contributed by atoms with Crippen molar-refractivity contribution in [3.63, 3.8) is 0 Å². The Labute approximate surface area is 120 Å². The lowest BCUT2D eigenvalue weighted by Gasteiger charge is -2.14. The number of halogens is 2. The van der Waals surface area contributed by atoms with Crippen molar-refractivity contribution in [2.45, 2.75) is 12.5 Å². The van der Waals surface area contributed by atoms with Gasteiger partial charge in [0.25, 0.3) is 0 Å². The average Bonchev–Trinajstić information content (AvgIpc) is 2.32. The van der Waals surface area contributed by atoms with Gasteiger partial charge in [0.15, 0.2) is 0 Å². The van der Waals surface area contributed by atoms with E-state index in [0.717, 1.165) is 10.0 Å². The molecule has 4 heteroatoms. The monoisotopic (exact) mass is 325 g/mol. The number of benzene rings is 2. The van der Waals surface area contributed by atoms with Gasteiger partial charge in [-0.3, -0.25) is 0 Å². The Hall–Kier alpha value is -1.03. The van der Waals surface area contributed by atoms with Gasteiger partial charge in [-0.05, 0) is 29.8 Å². The zero-order valence-corrected chi connectivity index (χ0v) is 11.9. The van der Waals surface area contributed by atoms with Gasteiger partial charge < -0.3 is 10.8 Å². The molecule has 0 spiro atoms. The highest BCUT2D eigenvalue weighted by Gasteiger charge is 2.12. The van der Waals surface area contributed by atoms with Gasteiger partial charge in [-0.1, -0.05) is 45.7 Å². The first-order valence-electron chi connectivity index (χ1n) is 5.53. The van der Waals surface area contributed by atoms with E-state index in [1.165, 1.54) is 0 Å². The second-order valence-electron chi connectivity index (χ2n) is 4.12. The fraction of sp³-hybridized carbons (Fsp3) is 0.143. The Balaban J connectivity index is 2.16. The predicted octanol–water partition coefficient (Wildman–Crippen LogP) is 3.96. The van der Waals surface area contributed by atoms with Crippen LogP contribution in [0.2, 0.25) is 5.02 Å². The number of aliphatic hydroxyl groups is 1. The van der Waals surface area contributed by atoms with Crippen LogP contribution in [0.1, 0.15) is 17.2 Å². The Kier molecular flexibility index (Phi) is 4.27. The SMILES string of the molecule is Nc1cc(Cl)ccc1C(O)Cc1ccc(Br)cc1. The minimum atomic E-state index is -0.622. The van der Waals surface area contributed by atoms with Gasteiger partial charge in [0.1, 0.15) is 0 Å². The Morgan fingerprint density at radius 2 is 1.83 bits per heavy atom. The van der Waals surface area contributed by atoms with Gasteiger partial charge in [-0.2, -0.15) is 0 Å². The normalized spacial score (nSPS) is 12.4. The van der Waals surface area contributed by atoms with E-state index in [9.17, 15) is 5.11 Å². The van der Waals surface area contributed by atoms with E-state index in [1.54, 1.807) is 18.2 Å². The fourth-order valence-corrected chi connectivity index (χ4v) is 2.25.